The van der Waals surface area contributed by atoms with E-state index in [1.165, 1.54) is 25.7 Å². The number of ether oxygens (including phenoxy) is 1. The quantitative estimate of drug-likeness (QED) is 0.678. The number of nitrogens with zero attached hydrogens (tertiary/aromatic N) is 1. The first-order chi connectivity index (χ1) is 9.61. The molecule has 0 spiro atoms. The summed E-state index contributed by atoms with van der Waals surface area (Å²) in [5.41, 5.74) is -0.140. The smallest absolute Gasteiger partial charge is 0.285 e. The number of hydrogen-bond donors (Lipinski definition) is 1. The lowest BCUT2D eigenvalue weighted by Gasteiger charge is -2.22. The summed E-state index contributed by atoms with van der Waals surface area (Å²) in [5.74, 6) is -0.0165. The molecule has 1 aliphatic rings. The van der Waals surface area contributed by atoms with E-state index in [0.29, 0.717) is 5.75 Å². The van der Waals surface area contributed by atoms with Gasteiger partial charge < -0.3 is 10.1 Å². The molecular weight excluding hydrogens is 260 g/mol. The maximum absolute atomic E-state index is 12.2. The summed E-state index contributed by atoms with van der Waals surface area (Å²) >= 11 is 0. The highest BCUT2D eigenvalue weighted by Crippen LogP contribution is 2.25. The van der Waals surface area contributed by atoms with E-state index in [9.17, 15) is 14.9 Å². The van der Waals surface area contributed by atoms with Gasteiger partial charge in [-0.2, -0.15) is 0 Å². The van der Waals surface area contributed by atoms with Crippen LogP contribution < -0.4 is 10.1 Å². The van der Waals surface area contributed by atoms with Crippen molar-refractivity contribution in [3.8, 4) is 5.75 Å². The van der Waals surface area contributed by atoms with Gasteiger partial charge in [0.05, 0.1) is 18.1 Å². The standard InChI is InChI=1S/C14H18N2O4/c1-20-11-7-8-12(13(9-11)16(18)19)14(17)15-10-5-3-2-4-6-10/h7-10H,2-6H2,1H3,(H,15,17). The van der Waals surface area contributed by atoms with Gasteiger partial charge in [-0.25, -0.2) is 0 Å². The molecule has 1 aromatic carbocycles. The largest absolute Gasteiger partial charge is 0.497 e. The highest BCUT2D eigenvalue weighted by molar-refractivity contribution is 5.98. The molecule has 0 saturated heterocycles. The molecule has 1 aromatic rings. The molecule has 6 heteroatoms. The van der Waals surface area contributed by atoms with Crippen LogP contribution >= 0.6 is 0 Å². The van der Waals surface area contributed by atoms with Crippen molar-refractivity contribution < 1.29 is 14.5 Å². The summed E-state index contributed by atoms with van der Waals surface area (Å²) in [7, 11) is 1.43. The van der Waals surface area contributed by atoms with Gasteiger partial charge in [-0.3, -0.25) is 14.9 Å². The molecule has 0 heterocycles. The molecule has 1 fully saturated rings. The zero-order chi connectivity index (χ0) is 14.5. The number of carbonyl (C=O) groups is 1. The number of methoxy groups -OCH3 is 1. The molecule has 1 saturated carbocycles. The summed E-state index contributed by atoms with van der Waals surface area (Å²) < 4.78 is 4.95. The highest BCUT2D eigenvalue weighted by atomic mass is 16.6. The first-order valence-electron chi connectivity index (χ1n) is 6.75. The summed E-state index contributed by atoms with van der Waals surface area (Å²) in [6, 6.07) is 4.39. The summed E-state index contributed by atoms with van der Waals surface area (Å²) in [5, 5.41) is 13.9. The van der Waals surface area contributed by atoms with Crippen molar-refractivity contribution >= 4 is 11.6 Å². The van der Waals surface area contributed by atoms with E-state index in [1.807, 2.05) is 0 Å². The van der Waals surface area contributed by atoms with Crippen LogP contribution in [0.3, 0.4) is 0 Å². The average molecular weight is 278 g/mol. The lowest BCUT2D eigenvalue weighted by Crippen LogP contribution is -2.36. The van der Waals surface area contributed by atoms with E-state index in [2.05, 4.69) is 5.32 Å². The van der Waals surface area contributed by atoms with Gasteiger partial charge >= 0.3 is 0 Å². The second-order valence-electron chi connectivity index (χ2n) is 4.95. The number of benzene rings is 1. The number of nitro groups is 1. The van der Waals surface area contributed by atoms with Crippen molar-refractivity contribution in [2.75, 3.05) is 7.11 Å². The zero-order valence-electron chi connectivity index (χ0n) is 11.4. The Labute approximate surface area is 117 Å². The van der Waals surface area contributed by atoms with Gasteiger partial charge in [0, 0.05) is 6.04 Å². The van der Waals surface area contributed by atoms with Crippen LogP contribution in [0.5, 0.6) is 5.75 Å². The van der Waals surface area contributed by atoms with E-state index < -0.39 is 4.92 Å². The van der Waals surface area contributed by atoms with E-state index in [1.54, 1.807) is 6.07 Å². The molecule has 0 radical (unpaired) electrons. The fourth-order valence-electron chi connectivity index (χ4n) is 2.49. The summed E-state index contributed by atoms with van der Waals surface area (Å²) in [6.07, 6.45) is 5.26. The minimum atomic E-state index is -0.557. The van der Waals surface area contributed by atoms with Crippen LogP contribution in [0.2, 0.25) is 0 Å². The van der Waals surface area contributed by atoms with Crippen LogP contribution in [0.1, 0.15) is 42.5 Å². The molecular formula is C14H18N2O4. The third kappa shape index (κ3) is 3.26. The molecule has 1 N–H and O–H groups in total. The lowest BCUT2D eigenvalue weighted by atomic mass is 9.95. The van der Waals surface area contributed by atoms with Crippen LogP contribution in [0.4, 0.5) is 5.69 Å². The van der Waals surface area contributed by atoms with Crippen molar-refractivity contribution in [3.63, 3.8) is 0 Å². The Bertz CT molecular complexity index is 510. The second kappa shape index (κ2) is 6.36. The van der Waals surface area contributed by atoms with Crippen LogP contribution in [0.15, 0.2) is 18.2 Å². The van der Waals surface area contributed by atoms with Gasteiger partial charge in [0.15, 0.2) is 0 Å². The van der Waals surface area contributed by atoms with Gasteiger partial charge in [0.25, 0.3) is 11.6 Å². The highest BCUT2D eigenvalue weighted by Gasteiger charge is 2.23. The topological polar surface area (TPSA) is 81.5 Å². The van der Waals surface area contributed by atoms with Crippen LogP contribution in [0.25, 0.3) is 0 Å². The number of nitrogens with one attached hydrogen (secondary N) is 1. The van der Waals surface area contributed by atoms with Crippen LogP contribution in [-0.2, 0) is 0 Å². The van der Waals surface area contributed by atoms with Gasteiger partial charge in [-0.1, -0.05) is 19.3 Å². The predicted octanol–water partition coefficient (Wildman–Crippen LogP) is 2.67. The number of amides is 1. The van der Waals surface area contributed by atoms with Crippen LogP contribution in [0, 0.1) is 10.1 Å². The summed E-state index contributed by atoms with van der Waals surface area (Å²) in [4.78, 5) is 22.7. The third-order valence-electron chi connectivity index (χ3n) is 3.59. The first kappa shape index (κ1) is 14.3. The molecule has 0 aromatic heterocycles. The van der Waals surface area contributed by atoms with Crippen molar-refractivity contribution in [3.05, 3.63) is 33.9 Å². The van der Waals surface area contributed by atoms with E-state index in [0.717, 1.165) is 25.7 Å². The van der Waals surface area contributed by atoms with Gasteiger partial charge in [-0.15, -0.1) is 0 Å². The predicted molar refractivity (Wildman–Crippen MR) is 74.0 cm³/mol. The van der Waals surface area contributed by atoms with Crippen molar-refractivity contribution in [1.29, 1.82) is 0 Å². The van der Waals surface area contributed by atoms with E-state index >= 15 is 0 Å². The van der Waals surface area contributed by atoms with Crippen LogP contribution in [-0.4, -0.2) is 24.0 Å². The fraction of sp³-hybridized carbons (Fsp3) is 0.500. The lowest BCUT2D eigenvalue weighted by molar-refractivity contribution is -0.385. The molecule has 6 nitrogen and oxygen atoms in total. The SMILES string of the molecule is COc1ccc(C(=O)NC2CCCCC2)c([N+](=O)[O-])c1. The molecule has 2 rings (SSSR count). The summed E-state index contributed by atoms with van der Waals surface area (Å²) in [6.45, 7) is 0. The van der Waals surface area contributed by atoms with Crippen molar-refractivity contribution in [2.45, 2.75) is 38.1 Å². The minimum Gasteiger partial charge on any atom is -0.497 e. The molecule has 0 atom stereocenters. The second-order valence-corrected chi connectivity index (χ2v) is 4.95. The molecule has 0 aliphatic heterocycles. The Morgan fingerprint density at radius 2 is 2.05 bits per heavy atom. The molecule has 0 bridgehead atoms. The Morgan fingerprint density at radius 3 is 2.65 bits per heavy atom. The molecule has 108 valence electrons. The molecule has 0 unspecified atom stereocenters. The average Bonchev–Trinajstić information content (AvgIpc) is 2.47. The van der Waals surface area contributed by atoms with Gasteiger partial charge in [0.1, 0.15) is 11.3 Å². The van der Waals surface area contributed by atoms with Gasteiger partial charge in [0.2, 0.25) is 0 Å². The molecule has 1 amide bonds. The number of rotatable bonds is 4. The third-order valence-corrected chi connectivity index (χ3v) is 3.59. The van der Waals surface area contributed by atoms with Crippen molar-refractivity contribution in [1.82, 2.24) is 5.32 Å². The van der Waals surface area contributed by atoms with E-state index in [4.69, 9.17) is 4.74 Å². The monoisotopic (exact) mass is 278 g/mol. The maximum Gasteiger partial charge on any atom is 0.285 e. The fourth-order valence-corrected chi connectivity index (χ4v) is 2.49. The Balaban J connectivity index is 2.17. The maximum atomic E-state index is 12.2. The minimum absolute atomic E-state index is 0.0846. The Hall–Kier alpha value is -2.11. The number of hydrogen-bond acceptors (Lipinski definition) is 4. The molecule has 20 heavy (non-hydrogen) atoms. The van der Waals surface area contributed by atoms with Crippen molar-refractivity contribution in [2.24, 2.45) is 0 Å². The van der Waals surface area contributed by atoms with Gasteiger partial charge in [-0.05, 0) is 25.0 Å². The molecule has 1 aliphatic carbocycles. The zero-order valence-corrected chi connectivity index (χ0v) is 11.4. The normalized spacial score (nSPS) is 15.7. The number of nitro benzene ring substituents is 1. The Morgan fingerprint density at radius 1 is 1.35 bits per heavy atom. The number of carbonyl (C=O) groups excluding carboxylic acids is 1. The first-order valence-corrected chi connectivity index (χ1v) is 6.75. The van der Waals surface area contributed by atoms with E-state index in [-0.39, 0.29) is 23.2 Å². The Kier molecular flexibility index (Phi) is 4.55.